The third kappa shape index (κ3) is 7.78. The zero-order valence-corrected chi connectivity index (χ0v) is 36.7. The van der Waals surface area contributed by atoms with Crippen molar-refractivity contribution in [3.05, 3.63) is 168 Å². The van der Waals surface area contributed by atoms with Gasteiger partial charge in [-0.05, 0) is 104 Å². The van der Waals surface area contributed by atoms with E-state index in [1.807, 2.05) is 60.7 Å². The van der Waals surface area contributed by atoms with E-state index in [2.05, 4.69) is 75.4 Å². The number of rotatable bonds is 12. The average molecular weight is 855 g/mol. The Balaban J connectivity index is 1.12. The van der Waals surface area contributed by atoms with Gasteiger partial charge in [-0.2, -0.15) is 0 Å². The number of hydrogen-bond donors (Lipinski definition) is 3. The minimum atomic E-state index is -3.02. The Morgan fingerprint density at radius 3 is 2.17 bits per heavy atom. The van der Waals surface area contributed by atoms with Crippen molar-refractivity contribution in [1.29, 1.82) is 0 Å². The number of carbonyl (C=O) groups excluding carboxylic acids is 2. The summed E-state index contributed by atoms with van der Waals surface area (Å²) >= 11 is 0. The van der Waals surface area contributed by atoms with E-state index in [0.29, 0.717) is 24.9 Å². The first-order chi connectivity index (χ1) is 30.5. The van der Waals surface area contributed by atoms with Crippen LogP contribution in [0.5, 0.6) is 5.75 Å². The maximum Gasteiger partial charge on any atom is 0.488 e. The largest absolute Gasteiger partial charge is 0.507 e. The highest BCUT2D eigenvalue weighted by molar-refractivity contribution is 6.99. The van der Waals surface area contributed by atoms with Crippen molar-refractivity contribution in [3.8, 4) is 5.75 Å². The van der Waals surface area contributed by atoms with Gasteiger partial charge in [-0.15, -0.1) is 0 Å². The van der Waals surface area contributed by atoms with Gasteiger partial charge in [0.25, 0.3) is 8.32 Å². The predicted molar refractivity (Wildman–Crippen MR) is 251 cm³/mol. The maximum absolute atomic E-state index is 14.6. The third-order valence-electron chi connectivity index (χ3n) is 13.2. The second-order valence-corrected chi connectivity index (χ2v) is 22.2. The molecular weight excluding hydrogens is 803 g/mol. The number of phenols is 1. The average Bonchev–Trinajstić information content (AvgIpc) is 3.83. The highest BCUT2D eigenvalue weighted by Crippen LogP contribution is 2.51. The van der Waals surface area contributed by atoms with Crippen LogP contribution in [0.3, 0.4) is 0 Å². The van der Waals surface area contributed by atoms with Gasteiger partial charge < -0.3 is 24.3 Å². The highest BCUT2D eigenvalue weighted by atomic mass is 28.4. The lowest BCUT2D eigenvalue weighted by Crippen LogP contribution is -2.66. The van der Waals surface area contributed by atoms with Crippen LogP contribution in [-0.4, -0.2) is 66.7 Å². The van der Waals surface area contributed by atoms with Crippen LogP contribution in [-0.2, 0) is 18.8 Å². The first-order valence-electron chi connectivity index (χ1n) is 21.7. The third-order valence-corrected chi connectivity index (χ3v) is 18.2. The number of aromatic hydroxyl groups is 1. The van der Waals surface area contributed by atoms with Crippen molar-refractivity contribution >= 4 is 71.2 Å². The molecule has 0 saturated carbocycles. The molecule has 9 rings (SSSR count). The van der Waals surface area contributed by atoms with Crippen LogP contribution in [0.15, 0.2) is 157 Å². The normalized spacial score (nSPS) is 20.3. The van der Waals surface area contributed by atoms with Gasteiger partial charge in [-0.3, -0.25) is 19.5 Å². The zero-order valence-electron chi connectivity index (χ0n) is 35.7. The number of fused-ring (bicyclic) bond motifs is 4. The second kappa shape index (κ2) is 17.3. The molecule has 318 valence electrons. The quantitative estimate of drug-likeness (QED) is 0.0680. The van der Waals surface area contributed by atoms with E-state index in [1.165, 1.54) is 11.0 Å². The molecule has 3 N–H and O–H groups in total. The molecule has 0 bridgehead atoms. The number of hydrogen-bond acceptors (Lipinski definition) is 8. The summed E-state index contributed by atoms with van der Waals surface area (Å²) in [5, 5.41) is 34.3. The number of allylic oxidation sites excluding steroid dienone is 1. The molecule has 1 aromatic heterocycles. The van der Waals surface area contributed by atoms with Gasteiger partial charge in [-0.1, -0.05) is 130 Å². The molecule has 0 radical (unpaired) electrons. The van der Waals surface area contributed by atoms with Crippen LogP contribution in [0.2, 0.25) is 5.04 Å². The SMILES string of the molecule is CC(C)(C)[Si](OCC1=C2[C@@H](CC/C(=C/c3ccc(O)c4ccccc34)c3ccccn3)OC[C@@H]2[C@@H]2C(=O)N(c3cccc(B(O)O)c3)C(=O)[C@@H]2C1)(c1ccccc1)c1ccccc1. The standard InChI is InChI=1S/C52H51BN2O7Si/c1-52(2,3)63(39-17-6-4-7-18-39,40-19-8-5-9-20-40)62-32-36-30-43-49(51(58)55(50(43)57)38-16-14-15-37(31-38)53(59)60)44-33-61-47(48(36)44)27-25-35(45-23-12-13-28-54-45)29-34-24-26-46(56)42-22-11-10-21-41(34)42/h4-24,26,28-29,31,43-44,47,49,56,59-60H,25,27,30,32-33H2,1-3H3/b35-29-/t43-,44+,47-,49-/m1/s1. The van der Waals surface area contributed by atoms with Gasteiger partial charge >= 0.3 is 7.12 Å². The number of phenolic OH excluding ortho intramolecular Hbond substituents is 1. The Labute approximate surface area is 369 Å². The summed E-state index contributed by atoms with van der Waals surface area (Å²) in [6, 6.07) is 44.6. The molecule has 0 unspecified atom stereocenters. The van der Waals surface area contributed by atoms with E-state index in [4.69, 9.17) is 14.1 Å². The molecular formula is C52H51BN2O7Si. The second-order valence-electron chi connectivity index (χ2n) is 17.9. The highest BCUT2D eigenvalue weighted by Gasteiger charge is 2.58. The summed E-state index contributed by atoms with van der Waals surface area (Å²) in [6.45, 7) is 7.27. The smallest absolute Gasteiger partial charge is 0.488 e. The maximum atomic E-state index is 14.6. The summed E-state index contributed by atoms with van der Waals surface area (Å²) in [7, 11) is -4.77. The minimum absolute atomic E-state index is 0.197. The molecule has 9 nitrogen and oxygen atoms in total. The fourth-order valence-electron chi connectivity index (χ4n) is 10.4. The first-order valence-corrected chi connectivity index (χ1v) is 23.6. The van der Waals surface area contributed by atoms with E-state index in [-0.39, 0.29) is 53.3 Å². The molecule has 3 heterocycles. The molecule has 1 aliphatic carbocycles. The molecule has 2 amide bonds. The van der Waals surface area contributed by atoms with Crippen molar-refractivity contribution < 1.29 is 33.9 Å². The van der Waals surface area contributed by atoms with Crippen molar-refractivity contribution in [2.75, 3.05) is 18.1 Å². The number of pyridine rings is 1. The lowest BCUT2D eigenvalue weighted by Gasteiger charge is -2.44. The number of anilines is 1. The number of imide groups is 1. The number of amides is 2. The molecule has 6 aromatic rings. The molecule has 63 heavy (non-hydrogen) atoms. The lowest BCUT2D eigenvalue weighted by atomic mass is 9.69. The van der Waals surface area contributed by atoms with Gasteiger partial charge in [0.05, 0.1) is 42.5 Å². The van der Waals surface area contributed by atoms with Crippen molar-refractivity contribution in [3.63, 3.8) is 0 Å². The summed E-state index contributed by atoms with van der Waals surface area (Å²) in [5.74, 6) is -2.03. The van der Waals surface area contributed by atoms with E-state index in [1.54, 1.807) is 30.5 Å². The van der Waals surface area contributed by atoms with E-state index in [9.17, 15) is 24.7 Å². The topological polar surface area (TPSA) is 129 Å². The fraction of sp³-hybridized carbons (Fsp3) is 0.250. The van der Waals surface area contributed by atoms with Gasteiger partial charge in [0.1, 0.15) is 5.75 Å². The molecule has 2 fully saturated rings. The van der Waals surface area contributed by atoms with Crippen molar-refractivity contribution in [2.45, 2.75) is 51.2 Å². The fourth-order valence-corrected chi connectivity index (χ4v) is 14.9. The Morgan fingerprint density at radius 2 is 1.51 bits per heavy atom. The molecule has 5 aromatic carbocycles. The van der Waals surface area contributed by atoms with Crippen LogP contribution in [0.25, 0.3) is 22.4 Å². The molecule has 0 spiro atoms. The monoisotopic (exact) mass is 854 g/mol. The minimum Gasteiger partial charge on any atom is -0.507 e. The van der Waals surface area contributed by atoms with E-state index >= 15 is 0 Å². The van der Waals surface area contributed by atoms with Crippen molar-refractivity contribution in [1.82, 2.24) is 4.98 Å². The molecule has 4 atom stereocenters. The Kier molecular flexibility index (Phi) is 11.6. The summed E-state index contributed by atoms with van der Waals surface area (Å²) < 4.78 is 14.3. The molecule has 2 saturated heterocycles. The summed E-state index contributed by atoms with van der Waals surface area (Å²) in [4.78, 5) is 35.2. The molecule has 2 aliphatic heterocycles. The van der Waals surface area contributed by atoms with E-state index in [0.717, 1.165) is 49.1 Å². The molecule has 3 aliphatic rings. The zero-order chi connectivity index (χ0) is 43.9. The van der Waals surface area contributed by atoms with Crippen LogP contribution in [0.4, 0.5) is 5.69 Å². The number of carbonyl (C=O) groups is 2. The van der Waals surface area contributed by atoms with Gasteiger partial charge in [-0.25, -0.2) is 0 Å². The number of nitrogens with zero attached hydrogens (tertiary/aromatic N) is 2. The van der Waals surface area contributed by atoms with E-state index < -0.39 is 27.3 Å². The Hall–Kier alpha value is -5.95. The summed E-state index contributed by atoms with van der Waals surface area (Å²) in [6.07, 6.45) is 5.09. The summed E-state index contributed by atoms with van der Waals surface area (Å²) in [5.41, 5.74) is 5.34. The van der Waals surface area contributed by atoms with Crippen LogP contribution in [0, 0.1) is 17.8 Å². The number of benzene rings is 5. The van der Waals surface area contributed by atoms with Crippen LogP contribution >= 0.6 is 0 Å². The number of ether oxygens (including phenoxy) is 1. The lowest BCUT2D eigenvalue weighted by molar-refractivity contribution is -0.122. The Morgan fingerprint density at radius 1 is 0.825 bits per heavy atom. The van der Waals surface area contributed by atoms with Crippen LogP contribution in [0.1, 0.15) is 51.3 Å². The first kappa shape index (κ1) is 42.4. The predicted octanol–water partition coefficient (Wildman–Crippen LogP) is 7.04. The van der Waals surface area contributed by atoms with Gasteiger partial charge in [0, 0.05) is 17.5 Å². The van der Waals surface area contributed by atoms with Gasteiger partial charge in [0.15, 0.2) is 0 Å². The van der Waals surface area contributed by atoms with Crippen molar-refractivity contribution in [2.24, 2.45) is 17.8 Å². The van der Waals surface area contributed by atoms with Gasteiger partial charge in [0.2, 0.25) is 11.8 Å². The molecule has 11 heteroatoms. The Bertz CT molecular complexity index is 2680. The number of aromatic nitrogens is 1. The van der Waals surface area contributed by atoms with Crippen LogP contribution < -0.4 is 20.7 Å².